The van der Waals surface area contributed by atoms with Crippen LogP contribution < -0.4 is 5.32 Å². The van der Waals surface area contributed by atoms with Crippen molar-refractivity contribution in [1.29, 1.82) is 0 Å². The zero-order valence-corrected chi connectivity index (χ0v) is 9.13. The van der Waals surface area contributed by atoms with Crippen molar-refractivity contribution in [2.75, 3.05) is 13.7 Å². The molecule has 1 aromatic rings. The maximum absolute atomic E-state index is 13.7. The van der Waals surface area contributed by atoms with Gasteiger partial charge in [-0.05, 0) is 25.5 Å². The fourth-order valence-corrected chi connectivity index (χ4v) is 2.24. The highest BCUT2D eigenvalue weighted by atomic mass is 19.1. The molecule has 2 rings (SSSR count). The van der Waals surface area contributed by atoms with Gasteiger partial charge in [0.05, 0.1) is 7.11 Å². The molecule has 0 bridgehead atoms. The Morgan fingerprint density at radius 1 is 1.50 bits per heavy atom. The summed E-state index contributed by atoms with van der Waals surface area (Å²) in [6.45, 7) is 0.698. The van der Waals surface area contributed by atoms with E-state index < -0.39 is 11.5 Å². The second-order valence-corrected chi connectivity index (χ2v) is 3.91. The monoisotopic (exact) mass is 223 g/mol. The smallest absolute Gasteiger partial charge is 0.330 e. The van der Waals surface area contributed by atoms with Gasteiger partial charge >= 0.3 is 5.97 Å². The summed E-state index contributed by atoms with van der Waals surface area (Å²) >= 11 is 0. The van der Waals surface area contributed by atoms with Crippen LogP contribution in [0.3, 0.4) is 0 Å². The number of benzene rings is 1. The summed E-state index contributed by atoms with van der Waals surface area (Å²) < 4.78 is 18.5. The lowest BCUT2D eigenvalue weighted by Crippen LogP contribution is -2.46. The number of hydrogen-bond acceptors (Lipinski definition) is 3. The molecule has 0 spiro atoms. The summed E-state index contributed by atoms with van der Waals surface area (Å²) in [5.74, 6) is -0.794. The van der Waals surface area contributed by atoms with Crippen LogP contribution in [0.2, 0.25) is 0 Å². The number of hydrogen-bond donors (Lipinski definition) is 1. The van der Waals surface area contributed by atoms with E-state index in [0.717, 1.165) is 6.42 Å². The number of nitrogens with one attached hydrogen (secondary N) is 1. The molecule has 4 heteroatoms. The van der Waals surface area contributed by atoms with Crippen molar-refractivity contribution in [3.63, 3.8) is 0 Å². The Morgan fingerprint density at radius 2 is 2.25 bits per heavy atom. The number of halogens is 1. The minimum Gasteiger partial charge on any atom is -0.467 e. The molecule has 0 saturated carbocycles. The van der Waals surface area contributed by atoms with Crippen LogP contribution in [0.1, 0.15) is 18.4 Å². The molecule has 0 radical (unpaired) electrons. The fourth-order valence-electron chi connectivity index (χ4n) is 2.24. The largest absolute Gasteiger partial charge is 0.467 e. The first-order valence-electron chi connectivity index (χ1n) is 5.29. The number of methoxy groups -OCH3 is 1. The van der Waals surface area contributed by atoms with Crippen LogP contribution in [0, 0.1) is 5.82 Å². The molecule has 1 heterocycles. The van der Waals surface area contributed by atoms with E-state index in [0.29, 0.717) is 18.5 Å². The Hall–Kier alpha value is -1.42. The van der Waals surface area contributed by atoms with Crippen molar-refractivity contribution >= 4 is 5.97 Å². The summed E-state index contributed by atoms with van der Waals surface area (Å²) in [6, 6.07) is 6.33. The van der Waals surface area contributed by atoms with E-state index >= 15 is 0 Å². The van der Waals surface area contributed by atoms with Gasteiger partial charge in [0.25, 0.3) is 0 Å². The van der Waals surface area contributed by atoms with Crippen molar-refractivity contribution in [2.24, 2.45) is 0 Å². The third kappa shape index (κ3) is 1.59. The highest BCUT2D eigenvalue weighted by molar-refractivity contribution is 5.83. The lowest BCUT2D eigenvalue weighted by atomic mass is 9.88. The second-order valence-electron chi connectivity index (χ2n) is 3.91. The average molecular weight is 223 g/mol. The lowest BCUT2D eigenvalue weighted by Gasteiger charge is -2.27. The van der Waals surface area contributed by atoms with Gasteiger partial charge in [0.2, 0.25) is 0 Å². The van der Waals surface area contributed by atoms with Gasteiger partial charge in [-0.2, -0.15) is 0 Å². The van der Waals surface area contributed by atoms with Crippen LogP contribution in [0.15, 0.2) is 24.3 Å². The lowest BCUT2D eigenvalue weighted by molar-refractivity contribution is -0.148. The first-order valence-corrected chi connectivity index (χ1v) is 5.29. The Morgan fingerprint density at radius 3 is 2.81 bits per heavy atom. The maximum atomic E-state index is 13.7. The van der Waals surface area contributed by atoms with E-state index in [1.54, 1.807) is 18.2 Å². The minimum atomic E-state index is -1.000. The molecule has 1 N–H and O–H groups in total. The van der Waals surface area contributed by atoms with E-state index in [1.807, 2.05) is 0 Å². The number of ether oxygens (including phenoxy) is 1. The zero-order chi connectivity index (χ0) is 11.6. The molecule has 0 aromatic heterocycles. The van der Waals surface area contributed by atoms with Crippen molar-refractivity contribution in [3.05, 3.63) is 35.6 Å². The van der Waals surface area contributed by atoms with E-state index in [-0.39, 0.29) is 5.82 Å². The van der Waals surface area contributed by atoms with Gasteiger partial charge in [0.15, 0.2) is 0 Å². The third-order valence-electron chi connectivity index (χ3n) is 3.02. The Bertz CT molecular complexity index is 400. The normalized spacial score (nSPS) is 24.4. The Labute approximate surface area is 93.6 Å². The predicted octanol–water partition coefficient (Wildman–Crippen LogP) is 1.58. The Balaban J connectivity index is 2.48. The maximum Gasteiger partial charge on any atom is 0.330 e. The highest BCUT2D eigenvalue weighted by Crippen LogP contribution is 2.33. The summed E-state index contributed by atoms with van der Waals surface area (Å²) in [5, 5.41) is 3.06. The predicted molar refractivity (Wildman–Crippen MR) is 57.3 cm³/mol. The molecule has 1 aliphatic rings. The summed E-state index contributed by atoms with van der Waals surface area (Å²) in [6.07, 6.45) is 1.41. The number of rotatable bonds is 2. The summed E-state index contributed by atoms with van der Waals surface area (Å²) in [5.41, 5.74) is -0.626. The average Bonchev–Trinajstić information content (AvgIpc) is 2.79. The minimum absolute atomic E-state index is 0.373. The molecule has 1 atom stereocenters. The van der Waals surface area contributed by atoms with Gasteiger partial charge in [-0.15, -0.1) is 0 Å². The molecule has 86 valence electrons. The standard InChI is InChI=1S/C12H14FNO2/c1-16-11(15)12(7-4-8-14-12)9-5-2-3-6-10(9)13/h2-3,5-6,14H,4,7-8H2,1H3. The third-order valence-corrected chi connectivity index (χ3v) is 3.02. The van der Waals surface area contributed by atoms with Crippen LogP contribution in [0.5, 0.6) is 0 Å². The van der Waals surface area contributed by atoms with Crippen molar-refractivity contribution < 1.29 is 13.9 Å². The molecular weight excluding hydrogens is 209 g/mol. The molecule has 0 amide bonds. The van der Waals surface area contributed by atoms with Gasteiger partial charge in [-0.3, -0.25) is 5.32 Å². The zero-order valence-electron chi connectivity index (χ0n) is 9.13. The van der Waals surface area contributed by atoms with Gasteiger partial charge in [0.1, 0.15) is 11.4 Å². The van der Waals surface area contributed by atoms with E-state index in [2.05, 4.69) is 5.32 Å². The highest BCUT2D eigenvalue weighted by Gasteiger charge is 2.45. The van der Waals surface area contributed by atoms with Crippen molar-refractivity contribution in [1.82, 2.24) is 5.32 Å². The van der Waals surface area contributed by atoms with Gasteiger partial charge < -0.3 is 4.74 Å². The van der Waals surface area contributed by atoms with Crippen molar-refractivity contribution in [2.45, 2.75) is 18.4 Å². The summed E-state index contributed by atoms with van der Waals surface area (Å²) in [7, 11) is 1.32. The van der Waals surface area contributed by atoms with Crippen molar-refractivity contribution in [3.8, 4) is 0 Å². The molecule has 1 unspecified atom stereocenters. The number of carbonyl (C=O) groups is 1. The van der Waals surface area contributed by atoms with E-state index in [4.69, 9.17) is 4.74 Å². The molecular formula is C12H14FNO2. The molecule has 3 nitrogen and oxygen atoms in total. The second kappa shape index (κ2) is 4.22. The molecule has 0 aliphatic carbocycles. The topological polar surface area (TPSA) is 38.3 Å². The first-order chi connectivity index (χ1) is 7.70. The summed E-state index contributed by atoms with van der Waals surface area (Å²) in [4.78, 5) is 11.8. The van der Waals surface area contributed by atoms with E-state index in [9.17, 15) is 9.18 Å². The van der Waals surface area contributed by atoms with Crippen LogP contribution in [0.4, 0.5) is 4.39 Å². The van der Waals surface area contributed by atoms with Crippen LogP contribution >= 0.6 is 0 Å². The molecule has 1 aliphatic heterocycles. The number of carbonyl (C=O) groups excluding carboxylic acids is 1. The van der Waals surface area contributed by atoms with Crippen LogP contribution in [-0.4, -0.2) is 19.6 Å². The number of esters is 1. The molecule has 16 heavy (non-hydrogen) atoms. The van der Waals surface area contributed by atoms with Gasteiger partial charge in [0, 0.05) is 5.56 Å². The van der Waals surface area contributed by atoms with Gasteiger partial charge in [-0.1, -0.05) is 18.2 Å². The first kappa shape index (κ1) is 11.1. The van der Waals surface area contributed by atoms with Crippen LogP contribution in [-0.2, 0) is 15.1 Å². The fraction of sp³-hybridized carbons (Fsp3) is 0.417. The van der Waals surface area contributed by atoms with Crippen LogP contribution in [0.25, 0.3) is 0 Å². The molecule has 1 aromatic carbocycles. The molecule has 1 saturated heterocycles. The molecule has 1 fully saturated rings. The van der Waals surface area contributed by atoms with Gasteiger partial charge in [-0.25, -0.2) is 9.18 Å². The van der Waals surface area contributed by atoms with E-state index in [1.165, 1.54) is 13.2 Å². The SMILES string of the molecule is COC(=O)C1(c2ccccc2F)CCCN1. The Kier molecular flexibility index (Phi) is 2.92. The quantitative estimate of drug-likeness (QED) is 0.773.